The molecule has 0 bridgehead atoms. The highest BCUT2D eigenvalue weighted by Crippen LogP contribution is 2.15. The zero-order chi connectivity index (χ0) is 15.6. The Kier molecular flexibility index (Phi) is 4.54. The monoisotopic (exact) mass is 306 g/mol. The molecule has 0 aliphatic heterocycles. The smallest absolute Gasteiger partial charge is 0.240 e. The van der Waals surface area contributed by atoms with E-state index in [1.165, 1.54) is 17.0 Å². The fourth-order valence-electron chi connectivity index (χ4n) is 2.44. The van der Waals surface area contributed by atoms with E-state index in [1.807, 2.05) is 20.0 Å². The lowest BCUT2D eigenvalue weighted by Gasteiger charge is -2.09. The molecule has 1 N–H and O–H groups in total. The summed E-state index contributed by atoms with van der Waals surface area (Å²) in [5.74, 6) is 0. The van der Waals surface area contributed by atoms with Crippen LogP contribution < -0.4 is 4.72 Å². The van der Waals surface area contributed by atoms with Gasteiger partial charge >= 0.3 is 0 Å². The Bertz CT molecular complexity index is 746. The molecular weight excluding hydrogens is 284 g/mol. The average molecular weight is 306 g/mol. The maximum atomic E-state index is 12.3. The maximum absolute atomic E-state index is 12.3. The topological polar surface area (TPSA) is 51.1 Å². The zero-order valence-electron chi connectivity index (χ0n) is 13.0. The summed E-state index contributed by atoms with van der Waals surface area (Å²) in [7, 11) is -1.41. The van der Waals surface area contributed by atoms with Gasteiger partial charge in [0, 0.05) is 25.0 Å². The van der Waals surface area contributed by atoms with Gasteiger partial charge in [0.25, 0.3) is 0 Å². The van der Waals surface area contributed by atoms with Crippen molar-refractivity contribution in [3.63, 3.8) is 0 Å². The molecule has 0 spiro atoms. The molecule has 2 rings (SSSR count). The number of aromatic nitrogens is 1. The normalized spacial score (nSPS) is 11.8. The number of hydrogen-bond acceptors (Lipinski definition) is 2. The molecule has 5 heteroatoms. The summed E-state index contributed by atoms with van der Waals surface area (Å²) in [6.45, 7) is 6.31. The molecule has 1 aromatic heterocycles. The van der Waals surface area contributed by atoms with Crippen molar-refractivity contribution in [2.24, 2.45) is 7.05 Å². The highest BCUT2D eigenvalue weighted by molar-refractivity contribution is 7.89. The first-order chi connectivity index (χ1) is 9.83. The summed E-state index contributed by atoms with van der Waals surface area (Å²) in [6.07, 6.45) is 0.693. The van der Waals surface area contributed by atoms with Crippen molar-refractivity contribution in [1.29, 1.82) is 0 Å². The minimum Gasteiger partial charge on any atom is -0.352 e. The molecule has 0 aliphatic rings. The van der Waals surface area contributed by atoms with E-state index in [9.17, 15) is 8.42 Å². The molecule has 1 heterocycles. The van der Waals surface area contributed by atoms with Crippen LogP contribution in [0.4, 0.5) is 0 Å². The maximum Gasteiger partial charge on any atom is 0.240 e. The summed E-state index contributed by atoms with van der Waals surface area (Å²) >= 11 is 0. The summed E-state index contributed by atoms with van der Waals surface area (Å²) < 4.78 is 29.4. The summed E-state index contributed by atoms with van der Waals surface area (Å²) in [4.78, 5) is 0.353. The van der Waals surface area contributed by atoms with Crippen LogP contribution in [-0.4, -0.2) is 19.5 Å². The average Bonchev–Trinajstić information content (AvgIpc) is 2.66. The number of sulfonamides is 1. The van der Waals surface area contributed by atoms with Crippen LogP contribution in [0.25, 0.3) is 0 Å². The molecule has 1 aromatic carbocycles. The summed E-state index contributed by atoms with van der Waals surface area (Å²) in [5.41, 5.74) is 4.31. The Balaban J connectivity index is 2.06. The molecule has 2 aromatic rings. The number of nitrogens with one attached hydrogen (secondary N) is 1. The van der Waals surface area contributed by atoms with Gasteiger partial charge in [-0.05, 0) is 50.5 Å². The van der Waals surface area contributed by atoms with Crippen LogP contribution in [0.15, 0.2) is 35.2 Å². The third-order valence-corrected chi connectivity index (χ3v) is 5.57. The van der Waals surface area contributed by atoms with Crippen LogP contribution >= 0.6 is 0 Å². The molecular formula is C16H22N2O2S. The lowest BCUT2D eigenvalue weighted by Crippen LogP contribution is -2.26. The second kappa shape index (κ2) is 6.03. The van der Waals surface area contributed by atoms with Gasteiger partial charge in [0.2, 0.25) is 10.0 Å². The van der Waals surface area contributed by atoms with Gasteiger partial charge in [-0.1, -0.05) is 18.2 Å². The number of hydrogen-bond donors (Lipinski definition) is 1. The highest BCUT2D eigenvalue weighted by Gasteiger charge is 2.16. The first-order valence-corrected chi connectivity index (χ1v) is 8.48. The lowest BCUT2D eigenvalue weighted by atomic mass is 10.2. The zero-order valence-corrected chi connectivity index (χ0v) is 13.8. The predicted molar refractivity (Wildman–Crippen MR) is 85.0 cm³/mol. The Morgan fingerprint density at radius 3 is 2.38 bits per heavy atom. The molecule has 0 amide bonds. The Hall–Kier alpha value is -1.59. The SMILES string of the molecule is Cc1ccccc1S(=O)(=O)NCCc1cc(C)n(C)c1C. The Morgan fingerprint density at radius 2 is 1.81 bits per heavy atom. The van der Waals surface area contributed by atoms with Crippen LogP contribution in [0.1, 0.15) is 22.5 Å². The molecule has 0 fully saturated rings. The standard InChI is InChI=1S/C16H22N2O2S/c1-12-7-5-6-8-16(12)21(19,20)17-10-9-15-11-13(2)18(4)14(15)3/h5-8,11,17H,9-10H2,1-4H3. The fraction of sp³-hybridized carbons (Fsp3) is 0.375. The van der Waals surface area contributed by atoms with Crippen molar-refractivity contribution >= 4 is 10.0 Å². The van der Waals surface area contributed by atoms with Gasteiger partial charge in [-0.15, -0.1) is 0 Å². The second-order valence-electron chi connectivity index (χ2n) is 5.37. The van der Waals surface area contributed by atoms with E-state index in [4.69, 9.17) is 0 Å². The van der Waals surface area contributed by atoms with Gasteiger partial charge in [-0.3, -0.25) is 0 Å². The Morgan fingerprint density at radius 1 is 1.14 bits per heavy atom. The van der Waals surface area contributed by atoms with Crippen molar-refractivity contribution in [3.8, 4) is 0 Å². The summed E-state index contributed by atoms with van der Waals surface area (Å²) in [6, 6.07) is 9.13. The van der Waals surface area contributed by atoms with Gasteiger partial charge in [-0.25, -0.2) is 13.1 Å². The second-order valence-corrected chi connectivity index (χ2v) is 7.10. The summed E-state index contributed by atoms with van der Waals surface area (Å²) in [5, 5.41) is 0. The van der Waals surface area contributed by atoms with E-state index in [2.05, 4.69) is 22.3 Å². The molecule has 0 aliphatic carbocycles. The van der Waals surface area contributed by atoms with Gasteiger partial charge in [0.15, 0.2) is 0 Å². The first-order valence-electron chi connectivity index (χ1n) is 7.00. The number of nitrogens with zero attached hydrogens (tertiary/aromatic N) is 1. The quantitative estimate of drug-likeness (QED) is 0.922. The van der Waals surface area contributed by atoms with Crippen molar-refractivity contribution < 1.29 is 8.42 Å². The minimum atomic E-state index is -3.43. The van der Waals surface area contributed by atoms with Crippen molar-refractivity contribution in [2.75, 3.05) is 6.54 Å². The first kappa shape index (κ1) is 15.8. The third-order valence-electron chi connectivity index (χ3n) is 3.95. The van der Waals surface area contributed by atoms with Gasteiger partial charge in [0.1, 0.15) is 0 Å². The molecule has 4 nitrogen and oxygen atoms in total. The van der Waals surface area contributed by atoms with E-state index < -0.39 is 10.0 Å². The van der Waals surface area contributed by atoms with Gasteiger partial charge < -0.3 is 4.57 Å². The molecule has 0 radical (unpaired) electrons. The molecule has 0 unspecified atom stereocenters. The van der Waals surface area contributed by atoms with Crippen LogP contribution in [0.5, 0.6) is 0 Å². The largest absolute Gasteiger partial charge is 0.352 e. The molecule has 21 heavy (non-hydrogen) atoms. The molecule has 0 saturated carbocycles. The van der Waals surface area contributed by atoms with E-state index in [0.29, 0.717) is 17.9 Å². The van der Waals surface area contributed by atoms with Crippen LogP contribution in [-0.2, 0) is 23.5 Å². The van der Waals surface area contributed by atoms with E-state index >= 15 is 0 Å². The predicted octanol–water partition coefficient (Wildman–Crippen LogP) is 2.47. The van der Waals surface area contributed by atoms with Gasteiger partial charge in [-0.2, -0.15) is 0 Å². The van der Waals surface area contributed by atoms with Crippen LogP contribution in [0.3, 0.4) is 0 Å². The lowest BCUT2D eigenvalue weighted by molar-refractivity contribution is 0.581. The van der Waals surface area contributed by atoms with Crippen molar-refractivity contribution in [3.05, 3.63) is 52.8 Å². The van der Waals surface area contributed by atoms with E-state index in [1.54, 1.807) is 25.1 Å². The Labute approximate surface area is 126 Å². The fourth-order valence-corrected chi connectivity index (χ4v) is 3.72. The van der Waals surface area contributed by atoms with Gasteiger partial charge in [0.05, 0.1) is 4.90 Å². The minimum absolute atomic E-state index is 0.353. The molecule has 0 atom stereocenters. The molecule has 0 saturated heterocycles. The van der Waals surface area contributed by atoms with Crippen LogP contribution in [0.2, 0.25) is 0 Å². The third kappa shape index (κ3) is 3.36. The van der Waals surface area contributed by atoms with Crippen LogP contribution in [0, 0.1) is 20.8 Å². The number of benzene rings is 1. The number of aryl methyl sites for hydroxylation is 2. The number of rotatable bonds is 5. The van der Waals surface area contributed by atoms with E-state index in [0.717, 1.165) is 5.56 Å². The van der Waals surface area contributed by atoms with E-state index in [-0.39, 0.29) is 0 Å². The van der Waals surface area contributed by atoms with Crippen molar-refractivity contribution in [2.45, 2.75) is 32.1 Å². The molecule has 114 valence electrons. The highest BCUT2D eigenvalue weighted by atomic mass is 32.2. The van der Waals surface area contributed by atoms with Crippen molar-refractivity contribution in [1.82, 2.24) is 9.29 Å².